The van der Waals surface area contributed by atoms with Crippen LogP contribution in [0.2, 0.25) is 0 Å². The maximum absolute atomic E-state index is 12.6. The lowest BCUT2D eigenvalue weighted by molar-refractivity contribution is -0.137. The number of alkyl halides is 3. The van der Waals surface area contributed by atoms with E-state index in [1.165, 1.54) is 24.3 Å². The average Bonchev–Trinajstić information content (AvgIpc) is 2.86. The number of hydrogen-bond donors (Lipinski definition) is 0. The van der Waals surface area contributed by atoms with Crippen molar-refractivity contribution in [2.75, 3.05) is 13.7 Å². The molecule has 19 heavy (non-hydrogen) atoms. The summed E-state index contributed by atoms with van der Waals surface area (Å²) in [4.78, 5) is 12.6. The molecule has 0 bridgehead atoms. The van der Waals surface area contributed by atoms with Gasteiger partial charge in [0.25, 0.3) is 0 Å². The molecular formula is C13H12F3NO2. The fourth-order valence-corrected chi connectivity index (χ4v) is 1.96. The third kappa shape index (κ3) is 2.89. The fourth-order valence-electron chi connectivity index (χ4n) is 1.96. The second-order valence-corrected chi connectivity index (χ2v) is 4.19. The molecule has 2 rings (SSSR count). The van der Waals surface area contributed by atoms with E-state index in [2.05, 4.69) is 4.74 Å². The Morgan fingerprint density at radius 2 is 2.16 bits per heavy atom. The van der Waals surface area contributed by atoms with E-state index in [1.54, 1.807) is 12.1 Å². The number of benzene rings is 1. The van der Waals surface area contributed by atoms with E-state index >= 15 is 0 Å². The minimum absolute atomic E-state index is 0.249. The Hall–Kier alpha value is -1.98. The molecule has 1 aromatic rings. The van der Waals surface area contributed by atoms with Crippen molar-refractivity contribution in [3.8, 4) is 0 Å². The summed E-state index contributed by atoms with van der Waals surface area (Å²) in [5.74, 6) is -0.249. The maximum Gasteiger partial charge on any atom is 0.416 e. The lowest BCUT2D eigenvalue weighted by atomic mass is 9.98. The van der Waals surface area contributed by atoms with Crippen LogP contribution in [0.15, 0.2) is 36.5 Å². The molecule has 0 aromatic heterocycles. The van der Waals surface area contributed by atoms with Gasteiger partial charge in [-0.2, -0.15) is 13.2 Å². The zero-order valence-electron chi connectivity index (χ0n) is 10.1. The highest BCUT2D eigenvalue weighted by molar-refractivity contribution is 5.69. The molecule has 1 unspecified atom stereocenters. The fraction of sp³-hybridized carbons (Fsp3) is 0.308. The molecule has 0 saturated carbocycles. The lowest BCUT2D eigenvalue weighted by Gasteiger charge is -2.16. The monoisotopic (exact) mass is 271 g/mol. The molecule has 0 spiro atoms. The van der Waals surface area contributed by atoms with Gasteiger partial charge in [0, 0.05) is 18.7 Å². The first-order chi connectivity index (χ1) is 8.91. The normalized spacial score (nSPS) is 18.7. The standard InChI is InChI=1S/C13H12F3NO2/c1-19-12(18)17-6-5-10(8-17)9-3-2-4-11(7-9)13(14,15)16/h2-7,10H,8H2,1H3. The average molecular weight is 271 g/mol. The van der Waals surface area contributed by atoms with Gasteiger partial charge in [-0.15, -0.1) is 0 Å². The van der Waals surface area contributed by atoms with Gasteiger partial charge in [-0.3, -0.25) is 4.90 Å². The van der Waals surface area contributed by atoms with Crippen molar-refractivity contribution in [1.82, 2.24) is 4.90 Å². The molecule has 1 amide bonds. The summed E-state index contributed by atoms with van der Waals surface area (Å²) in [6.07, 6.45) is -1.67. The molecule has 1 atom stereocenters. The molecular weight excluding hydrogens is 259 g/mol. The van der Waals surface area contributed by atoms with E-state index in [4.69, 9.17) is 0 Å². The van der Waals surface area contributed by atoms with Crippen LogP contribution in [0.25, 0.3) is 0 Å². The minimum Gasteiger partial charge on any atom is -0.452 e. The largest absolute Gasteiger partial charge is 0.452 e. The van der Waals surface area contributed by atoms with Gasteiger partial charge >= 0.3 is 12.3 Å². The Balaban J connectivity index is 2.17. The smallest absolute Gasteiger partial charge is 0.416 e. The summed E-state index contributed by atoms with van der Waals surface area (Å²) in [5, 5.41) is 0. The Bertz CT molecular complexity index is 511. The Kier molecular flexibility index (Phi) is 3.50. The number of carbonyl (C=O) groups is 1. The number of ether oxygens (including phenoxy) is 1. The molecule has 1 heterocycles. The van der Waals surface area contributed by atoms with Crippen LogP contribution in [0, 0.1) is 0 Å². The van der Waals surface area contributed by atoms with Crippen molar-refractivity contribution < 1.29 is 22.7 Å². The second-order valence-electron chi connectivity index (χ2n) is 4.19. The van der Waals surface area contributed by atoms with Crippen molar-refractivity contribution in [1.29, 1.82) is 0 Å². The van der Waals surface area contributed by atoms with Gasteiger partial charge in [-0.25, -0.2) is 4.79 Å². The molecule has 6 heteroatoms. The van der Waals surface area contributed by atoms with Gasteiger partial charge in [0.15, 0.2) is 0 Å². The molecule has 1 aromatic carbocycles. The van der Waals surface area contributed by atoms with Gasteiger partial charge in [-0.1, -0.05) is 24.3 Å². The first-order valence-electron chi connectivity index (χ1n) is 5.62. The van der Waals surface area contributed by atoms with Crippen LogP contribution in [0.5, 0.6) is 0 Å². The number of amides is 1. The molecule has 0 radical (unpaired) electrons. The van der Waals surface area contributed by atoms with Crippen molar-refractivity contribution >= 4 is 6.09 Å². The lowest BCUT2D eigenvalue weighted by Crippen LogP contribution is -2.25. The highest BCUT2D eigenvalue weighted by atomic mass is 19.4. The molecule has 1 aliphatic rings. The van der Waals surface area contributed by atoms with E-state index in [-0.39, 0.29) is 12.5 Å². The van der Waals surface area contributed by atoms with Crippen LogP contribution in [0.3, 0.4) is 0 Å². The van der Waals surface area contributed by atoms with Gasteiger partial charge in [0.05, 0.1) is 12.7 Å². The number of carbonyl (C=O) groups excluding carboxylic acids is 1. The van der Waals surface area contributed by atoms with Crippen molar-refractivity contribution in [3.63, 3.8) is 0 Å². The molecule has 0 aliphatic carbocycles. The van der Waals surface area contributed by atoms with Crippen molar-refractivity contribution in [2.24, 2.45) is 0 Å². The SMILES string of the molecule is COC(=O)N1C=CC(c2cccc(C(F)(F)F)c2)C1. The zero-order chi connectivity index (χ0) is 14.0. The number of methoxy groups -OCH3 is 1. The number of rotatable bonds is 1. The van der Waals surface area contributed by atoms with Crippen LogP contribution in [0.4, 0.5) is 18.0 Å². The molecule has 3 nitrogen and oxygen atoms in total. The predicted molar refractivity (Wildman–Crippen MR) is 62.4 cm³/mol. The van der Waals surface area contributed by atoms with E-state index in [0.29, 0.717) is 5.56 Å². The maximum atomic E-state index is 12.6. The summed E-state index contributed by atoms with van der Waals surface area (Å²) in [6.45, 7) is 0.286. The summed E-state index contributed by atoms with van der Waals surface area (Å²) in [6, 6.07) is 5.12. The summed E-state index contributed by atoms with van der Waals surface area (Å²) in [7, 11) is 1.26. The first kappa shape index (κ1) is 13.5. The van der Waals surface area contributed by atoms with Crippen LogP contribution >= 0.6 is 0 Å². The molecule has 0 saturated heterocycles. The zero-order valence-corrected chi connectivity index (χ0v) is 10.1. The third-order valence-electron chi connectivity index (χ3n) is 2.94. The summed E-state index contributed by atoms with van der Waals surface area (Å²) in [5.41, 5.74) is -0.160. The van der Waals surface area contributed by atoms with Gasteiger partial charge in [0.2, 0.25) is 0 Å². The third-order valence-corrected chi connectivity index (χ3v) is 2.94. The summed E-state index contributed by atoms with van der Waals surface area (Å²) >= 11 is 0. The number of nitrogens with zero attached hydrogens (tertiary/aromatic N) is 1. The Labute approximate surface area is 108 Å². The quantitative estimate of drug-likeness (QED) is 0.783. The van der Waals surface area contributed by atoms with Gasteiger partial charge in [0.1, 0.15) is 0 Å². The van der Waals surface area contributed by atoms with E-state index in [0.717, 1.165) is 12.1 Å². The van der Waals surface area contributed by atoms with E-state index < -0.39 is 17.8 Å². The molecule has 0 fully saturated rings. The van der Waals surface area contributed by atoms with Gasteiger partial charge < -0.3 is 4.74 Å². The van der Waals surface area contributed by atoms with Crippen molar-refractivity contribution in [3.05, 3.63) is 47.7 Å². The number of hydrogen-bond acceptors (Lipinski definition) is 2. The minimum atomic E-state index is -4.36. The molecule has 0 N–H and O–H groups in total. The molecule has 1 aliphatic heterocycles. The first-order valence-corrected chi connectivity index (χ1v) is 5.62. The summed E-state index contributed by atoms with van der Waals surface area (Å²) < 4.78 is 42.4. The predicted octanol–water partition coefficient (Wildman–Crippen LogP) is 3.38. The van der Waals surface area contributed by atoms with Crippen molar-refractivity contribution in [2.45, 2.75) is 12.1 Å². The van der Waals surface area contributed by atoms with E-state index in [9.17, 15) is 18.0 Å². The van der Waals surface area contributed by atoms with Crippen LogP contribution in [0.1, 0.15) is 17.0 Å². The van der Waals surface area contributed by atoms with Crippen LogP contribution < -0.4 is 0 Å². The molecule has 102 valence electrons. The Morgan fingerprint density at radius 3 is 2.79 bits per heavy atom. The van der Waals surface area contributed by atoms with E-state index in [1.807, 2.05) is 0 Å². The highest BCUT2D eigenvalue weighted by Gasteiger charge is 2.31. The second kappa shape index (κ2) is 4.95. The number of halogens is 3. The van der Waals surface area contributed by atoms with Crippen LogP contribution in [-0.2, 0) is 10.9 Å². The Morgan fingerprint density at radius 1 is 1.42 bits per heavy atom. The topological polar surface area (TPSA) is 29.5 Å². The van der Waals surface area contributed by atoms with Gasteiger partial charge in [-0.05, 0) is 11.6 Å². The highest BCUT2D eigenvalue weighted by Crippen LogP contribution is 2.32. The van der Waals surface area contributed by atoms with Crippen LogP contribution in [-0.4, -0.2) is 24.6 Å².